The number of ether oxygens (including phenoxy) is 1. The normalized spacial score (nSPS) is 10.4. The molecule has 0 saturated carbocycles. The third-order valence-corrected chi connectivity index (χ3v) is 4.10. The Morgan fingerprint density at radius 3 is 2.58 bits per heavy atom. The Hall–Kier alpha value is -2.86. The lowest BCUT2D eigenvalue weighted by atomic mass is 10.1. The van der Waals surface area contributed by atoms with Crippen LogP contribution in [-0.2, 0) is 6.54 Å². The first kappa shape index (κ1) is 17.9. The quantitative estimate of drug-likeness (QED) is 0.631. The maximum Gasteiger partial charge on any atom is 0.176 e. The molecule has 0 amide bonds. The number of anilines is 2. The van der Waals surface area contributed by atoms with E-state index in [-0.39, 0.29) is 0 Å². The van der Waals surface area contributed by atoms with Gasteiger partial charge in [-0.25, -0.2) is 0 Å². The molecule has 0 unspecified atom stereocenters. The van der Waals surface area contributed by atoms with Crippen molar-refractivity contribution in [2.45, 2.75) is 20.4 Å². The lowest BCUT2D eigenvalue weighted by Gasteiger charge is -2.10. The number of nitrogens with one attached hydrogen (secondary N) is 2. The Kier molecular flexibility index (Phi) is 5.86. The summed E-state index contributed by atoms with van der Waals surface area (Å²) in [5.74, 6) is 1.55. The topological polar surface area (TPSA) is 51.1 Å². The van der Waals surface area contributed by atoms with E-state index >= 15 is 0 Å². The highest BCUT2D eigenvalue weighted by atomic mass is 32.1. The number of benzene rings is 2. The number of hydrogen-bond acceptors (Lipinski definition) is 3. The molecule has 5 nitrogen and oxygen atoms in total. The average Bonchev–Trinajstić information content (AvgIpc) is 3.06. The summed E-state index contributed by atoms with van der Waals surface area (Å²) in [6, 6.07) is 17.9. The van der Waals surface area contributed by atoms with Crippen LogP contribution < -0.4 is 15.4 Å². The van der Waals surface area contributed by atoms with Gasteiger partial charge < -0.3 is 15.4 Å². The predicted molar refractivity (Wildman–Crippen MR) is 110 cm³/mol. The molecule has 0 fully saturated rings. The van der Waals surface area contributed by atoms with Crippen molar-refractivity contribution in [3.05, 3.63) is 71.9 Å². The maximum absolute atomic E-state index is 5.43. The fourth-order valence-electron chi connectivity index (χ4n) is 2.56. The van der Waals surface area contributed by atoms with Crippen molar-refractivity contribution in [2.75, 3.05) is 17.2 Å². The highest BCUT2D eigenvalue weighted by Crippen LogP contribution is 2.16. The van der Waals surface area contributed by atoms with Crippen LogP contribution in [0.3, 0.4) is 0 Å². The Morgan fingerprint density at radius 1 is 1.08 bits per heavy atom. The molecule has 2 N–H and O–H groups in total. The second kappa shape index (κ2) is 8.49. The summed E-state index contributed by atoms with van der Waals surface area (Å²) in [5.41, 5.74) is 3.40. The van der Waals surface area contributed by atoms with Crippen molar-refractivity contribution in [3.8, 4) is 5.75 Å². The molecule has 2 aromatic carbocycles. The van der Waals surface area contributed by atoms with E-state index in [1.54, 1.807) is 0 Å². The van der Waals surface area contributed by atoms with Gasteiger partial charge in [-0.2, -0.15) is 5.10 Å². The summed E-state index contributed by atoms with van der Waals surface area (Å²) in [4.78, 5) is 0. The molecule has 0 aliphatic rings. The third kappa shape index (κ3) is 4.83. The molecular weight excluding hydrogens is 344 g/mol. The van der Waals surface area contributed by atoms with Gasteiger partial charge in [0, 0.05) is 18.0 Å². The van der Waals surface area contributed by atoms with Crippen molar-refractivity contribution < 1.29 is 4.74 Å². The van der Waals surface area contributed by atoms with Gasteiger partial charge in [-0.1, -0.05) is 24.3 Å². The second-order valence-electron chi connectivity index (χ2n) is 5.86. The Morgan fingerprint density at radius 2 is 1.85 bits per heavy atom. The summed E-state index contributed by atoms with van der Waals surface area (Å²) < 4.78 is 7.33. The number of aromatic nitrogens is 2. The average molecular weight is 366 g/mol. The Balaban J connectivity index is 1.56. The zero-order valence-corrected chi connectivity index (χ0v) is 15.7. The first-order valence-electron chi connectivity index (χ1n) is 8.53. The van der Waals surface area contributed by atoms with Crippen LogP contribution in [0, 0.1) is 6.92 Å². The van der Waals surface area contributed by atoms with E-state index in [1.807, 2.05) is 60.3 Å². The minimum atomic E-state index is 0.496. The number of aryl methyl sites for hydroxylation is 1. The third-order valence-electron chi connectivity index (χ3n) is 3.90. The standard InChI is InChI=1S/C20H22N4OS/c1-3-25-18-10-8-17(9-11-18)21-20(26)22-19-12-13-24(23-19)14-16-7-5-4-6-15(16)2/h4-13H,3,14H2,1-2H3,(H2,21,22,23,26). The molecule has 0 aliphatic heterocycles. The van der Waals surface area contributed by atoms with Crippen molar-refractivity contribution in [1.29, 1.82) is 0 Å². The van der Waals surface area contributed by atoms with E-state index in [0.29, 0.717) is 17.5 Å². The summed E-state index contributed by atoms with van der Waals surface area (Å²) in [6.07, 6.45) is 1.94. The van der Waals surface area contributed by atoms with E-state index in [9.17, 15) is 0 Å². The van der Waals surface area contributed by atoms with Crippen LogP contribution in [0.15, 0.2) is 60.8 Å². The van der Waals surface area contributed by atoms with Crippen molar-refractivity contribution in [1.82, 2.24) is 9.78 Å². The molecule has 0 radical (unpaired) electrons. The van der Waals surface area contributed by atoms with Gasteiger partial charge in [-0.3, -0.25) is 4.68 Å². The molecule has 0 atom stereocenters. The minimum Gasteiger partial charge on any atom is -0.494 e. The van der Waals surface area contributed by atoms with E-state index in [4.69, 9.17) is 17.0 Å². The van der Waals surface area contributed by atoms with E-state index in [1.165, 1.54) is 11.1 Å². The smallest absolute Gasteiger partial charge is 0.176 e. The number of nitrogens with zero attached hydrogens (tertiary/aromatic N) is 2. The SMILES string of the molecule is CCOc1ccc(NC(=S)Nc2ccn(Cc3ccccc3C)n2)cc1. The van der Waals surface area contributed by atoms with Crippen LogP contribution in [0.5, 0.6) is 5.75 Å². The number of hydrogen-bond donors (Lipinski definition) is 2. The zero-order chi connectivity index (χ0) is 18.4. The lowest BCUT2D eigenvalue weighted by molar-refractivity contribution is 0.340. The van der Waals surface area contributed by atoms with Gasteiger partial charge in [-0.05, 0) is 61.5 Å². The molecular formula is C20H22N4OS. The van der Waals surface area contributed by atoms with Gasteiger partial charge >= 0.3 is 0 Å². The van der Waals surface area contributed by atoms with E-state index in [2.05, 4.69) is 34.8 Å². The monoisotopic (exact) mass is 366 g/mol. The van der Waals surface area contributed by atoms with Crippen molar-refractivity contribution >= 4 is 28.8 Å². The lowest BCUT2D eigenvalue weighted by Crippen LogP contribution is -2.19. The Labute approximate surface area is 159 Å². The molecule has 3 aromatic rings. The zero-order valence-electron chi connectivity index (χ0n) is 14.9. The summed E-state index contributed by atoms with van der Waals surface area (Å²) >= 11 is 5.36. The van der Waals surface area contributed by atoms with Crippen LogP contribution >= 0.6 is 12.2 Å². The predicted octanol–water partition coefficient (Wildman–Crippen LogP) is 4.45. The minimum absolute atomic E-state index is 0.496. The van der Waals surface area contributed by atoms with Crippen molar-refractivity contribution in [3.63, 3.8) is 0 Å². The molecule has 0 aliphatic carbocycles. The highest BCUT2D eigenvalue weighted by Gasteiger charge is 2.04. The summed E-state index contributed by atoms with van der Waals surface area (Å²) in [7, 11) is 0. The molecule has 0 bridgehead atoms. The van der Waals surface area contributed by atoms with Crippen LogP contribution in [0.4, 0.5) is 11.5 Å². The fraction of sp³-hybridized carbons (Fsp3) is 0.200. The van der Waals surface area contributed by atoms with E-state index < -0.39 is 0 Å². The van der Waals surface area contributed by atoms with Gasteiger partial charge in [0.1, 0.15) is 5.75 Å². The first-order valence-corrected chi connectivity index (χ1v) is 8.93. The Bertz CT molecular complexity index is 874. The molecule has 0 saturated heterocycles. The van der Waals surface area contributed by atoms with Gasteiger partial charge in [0.05, 0.1) is 13.2 Å². The molecule has 1 heterocycles. The van der Waals surface area contributed by atoms with Crippen molar-refractivity contribution in [2.24, 2.45) is 0 Å². The molecule has 3 rings (SSSR count). The van der Waals surface area contributed by atoms with Crippen LogP contribution in [0.25, 0.3) is 0 Å². The molecule has 1 aromatic heterocycles. The van der Waals surface area contributed by atoms with Gasteiger partial charge in [0.2, 0.25) is 0 Å². The van der Waals surface area contributed by atoms with Gasteiger partial charge in [0.25, 0.3) is 0 Å². The van der Waals surface area contributed by atoms with Gasteiger partial charge in [-0.15, -0.1) is 0 Å². The molecule has 26 heavy (non-hydrogen) atoms. The fourth-order valence-corrected chi connectivity index (χ4v) is 2.78. The van der Waals surface area contributed by atoms with Crippen LogP contribution in [-0.4, -0.2) is 21.5 Å². The van der Waals surface area contributed by atoms with Crippen LogP contribution in [0.1, 0.15) is 18.1 Å². The van der Waals surface area contributed by atoms with Crippen LogP contribution in [0.2, 0.25) is 0 Å². The highest BCUT2D eigenvalue weighted by molar-refractivity contribution is 7.80. The largest absolute Gasteiger partial charge is 0.494 e. The van der Waals surface area contributed by atoms with Gasteiger partial charge in [0.15, 0.2) is 10.9 Å². The summed E-state index contributed by atoms with van der Waals surface area (Å²) in [6.45, 7) is 5.45. The van der Waals surface area contributed by atoms with E-state index in [0.717, 1.165) is 18.0 Å². The number of rotatable bonds is 6. The number of thiocarbonyl (C=S) groups is 1. The second-order valence-corrected chi connectivity index (χ2v) is 6.27. The summed E-state index contributed by atoms with van der Waals surface area (Å²) in [5, 5.41) is 11.3. The molecule has 0 spiro atoms. The molecule has 6 heteroatoms. The first-order chi connectivity index (χ1) is 12.6. The molecule has 134 valence electrons. The maximum atomic E-state index is 5.43.